The maximum Gasteiger partial charge on any atom is 0.280 e. The van der Waals surface area contributed by atoms with E-state index in [9.17, 15) is 14.9 Å². The number of Topliss-reactive ketones (excluding diaryl/α,β-unsaturated/α-hetero) is 1. The largest absolute Gasteiger partial charge is 0.488 e. The molecule has 0 saturated heterocycles. The molecule has 0 spiro atoms. The van der Waals surface area contributed by atoms with Crippen LogP contribution in [0.25, 0.3) is 0 Å². The quantitative estimate of drug-likeness (QED) is 0.431. The van der Waals surface area contributed by atoms with Gasteiger partial charge in [0, 0.05) is 12.7 Å². The summed E-state index contributed by atoms with van der Waals surface area (Å²) in [6, 6.07) is 4.15. The summed E-state index contributed by atoms with van der Waals surface area (Å²) < 4.78 is 10.7. The number of hydrogen-bond donors (Lipinski definition) is 0. The van der Waals surface area contributed by atoms with Crippen LogP contribution >= 0.6 is 0 Å². The van der Waals surface area contributed by atoms with E-state index in [1.165, 1.54) is 25.1 Å². The highest BCUT2D eigenvalue weighted by Crippen LogP contribution is 2.25. The Balaban J connectivity index is 2.90. The number of ether oxygens (including phenoxy) is 2. The summed E-state index contributed by atoms with van der Waals surface area (Å²) in [5.41, 5.74) is -0.163. The van der Waals surface area contributed by atoms with E-state index in [1.54, 1.807) is 0 Å². The molecule has 0 amide bonds. The molecule has 104 valence electrons. The number of nitrogens with zero attached hydrogens (tertiary/aromatic N) is 1. The Morgan fingerprint density at radius 2 is 2.16 bits per heavy atom. The number of carbonyl (C=O) groups is 1. The number of hydrogen-bond acceptors (Lipinski definition) is 5. The van der Waals surface area contributed by atoms with Gasteiger partial charge in [-0.2, -0.15) is 0 Å². The molecule has 6 nitrogen and oxygen atoms in total. The Labute approximate surface area is 111 Å². The average molecular weight is 267 g/mol. The molecule has 0 heterocycles. The second kappa shape index (κ2) is 6.84. The first kappa shape index (κ1) is 15.1. The number of rotatable bonds is 7. The summed E-state index contributed by atoms with van der Waals surface area (Å²) in [6.45, 7) is 6.00. The Kier molecular flexibility index (Phi) is 5.44. The van der Waals surface area contributed by atoms with Crippen molar-refractivity contribution in [3.63, 3.8) is 0 Å². The molecule has 0 fully saturated rings. The van der Waals surface area contributed by atoms with Crippen LogP contribution in [0, 0.1) is 10.1 Å². The zero-order valence-corrected chi connectivity index (χ0v) is 11.2. The first-order valence-electron chi connectivity index (χ1n) is 5.99. The van der Waals surface area contributed by atoms with Crippen molar-refractivity contribution in [3.8, 4) is 5.75 Å². The third kappa shape index (κ3) is 4.33. The van der Waals surface area contributed by atoms with E-state index in [1.807, 2.05) is 13.8 Å². The predicted molar refractivity (Wildman–Crippen MR) is 69.7 cm³/mol. The molecule has 0 radical (unpaired) electrons. The van der Waals surface area contributed by atoms with Crippen molar-refractivity contribution in [1.29, 1.82) is 0 Å². The van der Waals surface area contributed by atoms with Gasteiger partial charge in [-0.05, 0) is 32.9 Å². The Morgan fingerprint density at radius 1 is 1.47 bits per heavy atom. The lowest BCUT2D eigenvalue weighted by Crippen LogP contribution is -2.19. The lowest BCUT2D eigenvalue weighted by atomic mass is 10.1. The van der Waals surface area contributed by atoms with Crippen LogP contribution in [0.2, 0.25) is 0 Å². The minimum atomic E-state index is -0.579. The van der Waals surface area contributed by atoms with Crippen LogP contribution in [0.3, 0.4) is 0 Å². The third-order valence-electron chi connectivity index (χ3n) is 2.44. The van der Waals surface area contributed by atoms with Crippen molar-refractivity contribution < 1.29 is 19.2 Å². The molecule has 1 aromatic rings. The summed E-state index contributed by atoms with van der Waals surface area (Å²) in [7, 11) is 0. The van der Waals surface area contributed by atoms with Crippen LogP contribution in [0.15, 0.2) is 18.2 Å². The Morgan fingerprint density at radius 3 is 2.68 bits per heavy atom. The number of ketones is 1. The molecule has 0 aliphatic heterocycles. The van der Waals surface area contributed by atoms with Gasteiger partial charge >= 0.3 is 0 Å². The van der Waals surface area contributed by atoms with E-state index in [0.717, 1.165) is 0 Å². The van der Waals surface area contributed by atoms with E-state index in [-0.39, 0.29) is 23.1 Å². The second-order valence-corrected chi connectivity index (χ2v) is 4.08. The van der Waals surface area contributed by atoms with Crippen LogP contribution < -0.4 is 4.74 Å². The number of nitro benzene ring substituents is 1. The minimum absolute atomic E-state index is 0.0473. The number of nitro groups is 1. The summed E-state index contributed by atoms with van der Waals surface area (Å²) in [5, 5.41) is 10.8. The van der Waals surface area contributed by atoms with Gasteiger partial charge in [-0.25, -0.2) is 0 Å². The molecule has 0 aliphatic carbocycles. The van der Waals surface area contributed by atoms with Gasteiger partial charge in [-0.15, -0.1) is 0 Å². The standard InChI is InChI=1S/C13H17NO5/c1-4-18-8-9(2)19-11-5-6-13(14(16)17)12(7-11)10(3)15/h5-7,9H,4,8H2,1-3H3. The van der Waals surface area contributed by atoms with Gasteiger partial charge in [-0.3, -0.25) is 14.9 Å². The molecule has 1 aromatic carbocycles. The molecule has 1 unspecified atom stereocenters. The SMILES string of the molecule is CCOCC(C)Oc1ccc([N+](=O)[O-])c(C(C)=O)c1. The number of carbonyl (C=O) groups excluding carboxylic acids is 1. The molecule has 0 bridgehead atoms. The van der Waals surface area contributed by atoms with Crippen molar-refractivity contribution in [2.75, 3.05) is 13.2 Å². The number of benzene rings is 1. The highest BCUT2D eigenvalue weighted by Gasteiger charge is 2.18. The first-order chi connectivity index (χ1) is 8.95. The summed E-state index contributed by atoms with van der Waals surface area (Å²) in [4.78, 5) is 21.6. The minimum Gasteiger partial charge on any atom is -0.488 e. The summed E-state index contributed by atoms with van der Waals surface area (Å²) in [5.74, 6) is 0.0533. The molecule has 1 atom stereocenters. The molecule has 0 N–H and O–H groups in total. The van der Waals surface area contributed by atoms with Crippen LogP contribution in [-0.4, -0.2) is 30.0 Å². The van der Waals surface area contributed by atoms with E-state index >= 15 is 0 Å². The fourth-order valence-corrected chi connectivity index (χ4v) is 1.58. The first-order valence-corrected chi connectivity index (χ1v) is 5.99. The molecule has 1 rings (SSSR count). The zero-order chi connectivity index (χ0) is 14.4. The van der Waals surface area contributed by atoms with Gasteiger partial charge in [0.15, 0.2) is 5.78 Å². The second-order valence-electron chi connectivity index (χ2n) is 4.08. The Bertz CT molecular complexity index is 472. The van der Waals surface area contributed by atoms with E-state index in [0.29, 0.717) is 19.0 Å². The molecular weight excluding hydrogens is 250 g/mol. The highest BCUT2D eigenvalue weighted by atomic mass is 16.6. The molecule has 0 aromatic heterocycles. The summed E-state index contributed by atoms with van der Waals surface area (Å²) in [6.07, 6.45) is -0.193. The van der Waals surface area contributed by atoms with Gasteiger partial charge < -0.3 is 9.47 Å². The zero-order valence-electron chi connectivity index (χ0n) is 11.2. The lowest BCUT2D eigenvalue weighted by molar-refractivity contribution is -0.385. The van der Waals surface area contributed by atoms with Gasteiger partial charge in [-0.1, -0.05) is 0 Å². The van der Waals surface area contributed by atoms with Gasteiger partial charge in [0.2, 0.25) is 0 Å². The molecule has 0 aliphatic rings. The Hall–Kier alpha value is -1.95. The topological polar surface area (TPSA) is 78.7 Å². The van der Waals surface area contributed by atoms with Crippen LogP contribution in [0.1, 0.15) is 31.1 Å². The average Bonchev–Trinajstić information content (AvgIpc) is 2.35. The highest BCUT2D eigenvalue weighted by molar-refractivity contribution is 5.98. The van der Waals surface area contributed by atoms with E-state index in [4.69, 9.17) is 9.47 Å². The maximum absolute atomic E-state index is 11.4. The maximum atomic E-state index is 11.4. The van der Waals surface area contributed by atoms with E-state index in [2.05, 4.69) is 0 Å². The van der Waals surface area contributed by atoms with Crippen molar-refractivity contribution in [2.45, 2.75) is 26.9 Å². The van der Waals surface area contributed by atoms with E-state index < -0.39 is 4.92 Å². The molecular formula is C13H17NO5. The summed E-state index contributed by atoms with van der Waals surface area (Å²) >= 11 is 0. The third-order valence-corrected chi connectivity index (χ3v) is 2.44. The smallest absolute Gasteiger partial charge is 0.280 e. The van der Waals surface area contributed by atoms with Gasteiger partial charge in [0.05, 0.1) is 17.1 Å². The predicted octanol–water partition coefficient (Wildman–Crippen LogP) is 2.60. The molecule has 19 heavy (non-hydrogen) atoms. The van der Waals surface area contributed by atoms with Gasteiger partial charge in [0.1, 0.15) is 11.9 Å². The van der Waals surface area contributed by atoms with Crippen molar-refractivity contribution >= 4 is 11.5 Å². The van der Waals surface area contributed by atoms with Gasteiger partial charge in [0.25, 0.3) is 5.69 Å². The lowest BCUT2D eigenvalue weighted by Gasteiger charge is -2.14. The fourth-order valence-electron chi connectivity index (χ4n) is 1.58. The van der Waals surface area contributed by atoms with Crippen LogP contribution in [0.5, 0.6) is 5.75 Å². The van der Waals surface area contributed by atoms with Crippen molar-refractivity contribution in [2.24, 2.45) is 0 Å². The fraction of sp³-hybridized carbons (Fsp3) is 0.462. The van der Waals surface area contributed by atoms with Crippen LogP contribution in [-0.2, 0) is 4.74 Å². The monoisotopic (exact) mass is 267 g/mol. The molecule has 6 heteroatoms. The van der Waals surface area contributed by atoms with Crippen LogP contribution in [0.4, 0.5) is 5.69 Å². The van der Waals surface area contributed by atoms with Crippen molar-refractivity contribution in [3.05, 3.63) is 33.9 Å². The molecule has 0 saturated carbocycles. The van der Waals surface area contributed by atoms with Crippen molar-refractivity contribution in [1.82, 2.24) is 0 Å². The normalized spacial score (nSPS) is 11.9.